The van der Waals surface area contributed by atoms with Crippen LogP contribution in [0.1, 0.15) is 48.7 Å². The van der Waals surface area contributed by atoms with Crippen molar-refractivity contribution in [2.75, 3.05) is 13.1 Å². The van der Waals surface area contributed by atoms with Gasteiger partial charge in [0.15, 0.2) is 0 Å². The van der Waals surface area contributed by atoms with Crippen molar-refractivity contribution >= 4 is 16.8 Å². The molecule has 1 aliphatic heterocycles. The Balaban J connectivity index is 1.98. The van der Waals surface area contributed by atoms with Crippen LogP contribution in [0.15, 0.2) is 30.3 Å². The van der Waals surface area contributed by atoms with Gasteiger partial charge in [0, 0.05) is 30.1 Å². The van der Waals surface area contributed by atoms with E-state index in [1.165, 1.54) is 0 Å². The lowest BCUT2D eigenvalue weighted by Crippen LogP contribution is -2.38. The highest BCUT2D eigenvalue weighted by atomic mass is 16.2. The van der Waals surface area contributed by atoms with Crippen LogP contribution in [0.2, 0.25) is 0 Å². The van der Waals surface area contributed by atoms with Crippen molar-refractivity contribution in [2.24, 2.45) is 5.92 Å². The van der Waals surface area contributed by atoms with Crippen molar-refractivity contribution in [2.45, 2.75) is 32.6 Å². The molecule has 0 N–H and O–H groups in total. The molecule has 1 aromatic heterocycles. The summed E-state index contributed by atoms with van der Waals surface area (Å²) < 4.78 is 0. The summed E-state index contributed by atoms with van der Waals surface area (Å²) in [5.74, 6) is 0.414. The number of nitriles is 1. The maximum atomic E-state index is 13.0. The Bertz CT molecular complexity index is 768. The smallest absolute Gasteiger partial charge is 0.254 e. The first-order valence-corrected chi connectivity index (χ1v) is 8.18. The third-order valence-corrected chi connectivity index (χ3v) is 4.52. The van der Waals surface area contributed by atoms with E-state index < -0.39 is 0 Å². The van der Waals surface area contributed by atoms with Crippen molar-refractivity contribution in [1.29, 1.82) is 5.26 Å². The molecule has 0 radical (unpaired) electrons. The molecule has 4 nitrogen and oxygen atoms in total. The number of hydrogen-bond acceptors (Lipinski definition) is 3. The minimum Gasteiger partial charge on any atom is -0.339 e. The SMILES string of the molecule is CC(C)c1cc(C(=O)N2CCC(C#N)CC2)c2ccccc2n1. The van der Waals surface area contributed by atoms with Crippen LogP contribution in [-0.2, 0) is 0 Å². The minimum absolute atomic E-state index is 0.0573. The number of pyridine rings is 1. The molecule has 4 heteroatoms. The second-order valence-electron chi connectivity index (χ2n) is 6.46. The third-order valence-electron chi connectivity index (χ3n) is 4.52. The Morgan fingerprint density at radius 1 is 1.30 bits per heavy atom. The van der Waals surface area contributed by atoms with Gasteiger partial charge in [0.25, 0.3) is 5.91 Å². The van der Waals surface area contributed by atoms with Crippen LogP contribution in [0.25, 0.3) is 10.9 Å². The summed E-state index contributed by atoms with van der Waals surface area (Å²) in [7, 11) is 0. The molecule has 2 aromatic rings. The summed E-state index contributed by atoms with van der Waals surface area (Å²) in [5, 5.41) is 9.92. The summed E-state index contributed by atoms with van der Waals surface area (Å²) in [6, 6.07) is 12.1. The number of amides is 1. The van der Waals surface area contributed by atoms with E-state index in [4.69, 9.17) is 5.26 Å². The Morgan fingerprint density at radius 3 is 2.65 bits per heavy atom. The quantitative estimate of drug-likeness (QED) is 0.849. The normalized spacial score (nSPS) is 15.8. The molecule has 1 fully saturated rings. The zero-order valence-corrected chi connectivity index (χ0v) is 13.6. The van der Waals surface area contributed by atoms with Crippen molar-refractivity contribution in [1.82, 2.24) is 9.88 Å². The number of rotatable bonds is 2. The van der Waals surface area contributed by atoms with Crippen LogP contribution in [0.4, 0.5) is 0 Å². The zero-order chi connectivity index (χ0) is 16.4. The fourth-order valence-electron chi connectivity index (χ4n) is 3.05. The van der Waals surface area contributed by atoms with Gasteiger partial charge in [-0.05, 0) is 30.9 Å². The molecule has 1 amide bonds. The maximum Gasteiger partial charge on any atom is 0.254 e. The fraction of sp³-hybridized carbons (Fsp3) is 0.421. The van der Waals surface area contributed by atoms with E-state index in [2.05, 4.69) is 24.9 Å². The highest BCUT2D eigenvalue weighted by Gasteiger charge is 2.25. The number of carbonyl (C=O) groups is 1. The molecular formula is C19H21N3O. The van der Waals surface area contributed by atoms with Gasteiger partial charge in [0.2, 0.25) is 0 Å². The van der Waals surface area contributed by atoms with Gasteiger partial charge in [-0.25, -0.2) is 0 Å². The van der Waals surface area contributed by atoms with Crippen LogP contribution in [-0.4, -0.2) is 28.9 Å². The van der Waals surface area contributed by atoms with Crippen LogP contribution in [0.5, 0.6) is 0 Å². The largest absolute Gasteiger partial charge is 0.339 e. The molecule has 2 heterocycles. The number of aromatic nitrogens is 1. The van der Waals surface area contributed by atoms with Crippen LogP contribution >= 0.6 is 0 Å². The van der Waals surface area contributed by atoms with Gasteiger partial charge >= 0.3 is 0 Å². The first-order valence-electron chi connectivity index (χ1n) is 8.18. The number of nitrogens with zero attached hydrogens (tertiary/aromatic N) is 3. The van der Waals surface area contributed by atoms with Crippen molar-refractivity contribution in [3.63, 3.8) is 0 Å². The highest BCUT2D eigenvalue weighted by Crippen LogP contribution is 2.25. The summed E-state index contributed by atoms with van der Waals surface area (Å²) >= 11 is 0. The van der Waals surface area contributed by atoms with E-state index in [1.54, 1.807) is 0 Å². The second kappa shape index (κ2) is 6.37. The number of hydrogen-bond donors (Lipinski definition) is 0. The molecule has 118 valence electrons. The highest BCUT2D eigenvalue weighted by molar-refractivity contribution is 6.06. The number of para-hydroxylation sites is 1. The molecule has 0 unspecified atom stereocenters. The van der Waals surface area contributed by atoms with Crippen LogP contribution < -0.4 is 0 Å². The van der Waals surface area contributed by atoms with Gasteiger partial charge in [-0.2, -0.15) is 5.26 Å². The first kappa shape index (κ1) is 15.5. The van der Waals surface area contributed by atoms with E-state index in [0.29, 0.717) is 13.1 Å². The molecule has 1 saturated heterocycles. The number of fused-ring (bicyclic) bond motifs is 1. The number of benzene rings is 1. The predicted molar refractivity (Wildman–Crippen MR) is 90.1 cm³/mol. The van der Waals surface area contributed by atoms with Crippen molar-refractivity contribution in [3.8, 4) is 6.07 Å². The third kappa shape index (κ3) is 3.05. The lowest BCUT2D eigenvalue weighted by molar-refractivity contribution is 0.0709. The van der Waals surface area contributed by atoms with Gasteiger partial charge < -0.3 is 4.90 Å². The van der Waals surface area contributed by atoms with Crippen molar-refractivity contribution < 1.29 is 4.79 Å². The fourth-order valence-corrected chi connectivity index (χ4v) is 3.05. The lowest BCUT2D eigenvalue weighted by atomic mass is 9.97. The predicted octanol–water partition coefficient (Wildman–Crippen LogP) is 3.73. The summed E-state index contributed by atoms with van der Waals surface area (Å²) in [4.78, 5) is 19.5. The molecule has 0 atom stereocenters. The van der Waals surface area contributed by atoms with Crippen LogP contribution in [0, 0.1) is 17.2 Å². The van der Waals surface area contributed by atoms with Gasteiger partial charge in [-0.3, -0.25) is 9.78 Å². The number of carbonyl (C=O) groups excluding carboxylic acids is 1. The molecule has 1 aromatic carbocycles. The Kier molecular flexibility index (Phi) is 4.29. The van der Waals surface area contributed by atoms with E-state index in [-0.39, 0.29) is 17.7 Å². The maximum absolute atomic E-state index is 13.0. The second-order valence-corrected chi connectivity index (χ2v) is 6.46. The summed E-state index contributed by atoms with van der Waals surface area (Å²) in [6.45, 7) is 5.49. The zero-order valence-electron chi connectivity index (χ0n) is 13.6. The van der Waals surface area contributed by atoms with Crippen molar-refractivity contribution in [3.05, 3.63) is 41.6 Å². The topological polar surface area (TPSA) is 57.0 Å². The van der Waals surface area contributed by atoms with Crippen LogP contribution in [0.3, 0.4) is 0 Å². The van der Waals surface area contributed by atoms with E-state index in [0.717, 1.165) is 35.0 Å². The molecule has 3 rings (SSSR count). The molecule has 1 aliphatic rings. The average molecular weight is 307 g/mol. The molecule has 0 aliphatic carbocycles. The monoisotopic (exact) mass is 307 g/mol. The summed E-state index contributed by atoms with van der Waals surface area (Å²) in [6.07, 6.45) is 1.53. The first-order chi connectivity index (χ1) is 11.1. The number of piperidine rings is 1. The minimum atomic E-state index is 0.0573. The number of likely N-dealkylation sites (tertiary alicyclic amines) is 1. The molecular weight excluding hydrogens is 286 g/mol. The molecule has 0 spiro atoms. The Hall–Kier alpha value is -2.41. The van der Waals surface area contributed by atoms with Gasteiger partial charge in [0.1, 0.15) is 0 Å². The standard InChI is InChI=1S/C19H21N3O/c1-13(2)18-11-16(15-5-3-4-6-17(15)21-18)19(23)22-9-7-14(12-20)8-10-22/h3-6,11,13-14H,7-10H2,1-2H3. The van der Waals surface area contributed by atoms with Gasteiger partial charge in [0.05, 0.1) is 17.1 Å². The summed E-state index contributed by atoms with van der Waals surface area (Å²) in [5.41, 5.74) is 2.54. The molecule has 23 heavy (non-hydrogen) atoms. The molecule has 0 saturated carbocycles. The van der Waals surface area contributed by atoms with Gasteiger partial charge in [-0.15, -0.1) is 0 Å². The Labute approximate surface area is 136 Å². The van der Waals surface area contributed by atoms with E-state index >= 15 is 0 Å². The van der Waals surface area contributed by atoms with E-state index in [1.807, 2.05) is 35.2 Å². The Morgan fingerprint density at radius 2 is 2.00 bits per heavy atom. The van der Waals surface area contributed by atoms with E-state index in [9.17, 15) is 4.79 Å². The molecule has 0 bridgehead atoms. The average Bonchev–Trinajstić information content (AvgIpc) is 2.60. The van der Waals surface area contributed by atoms with Gasteiger partial charge in [-0.1, -0.05) is 32.0 Å². The lowest BCUT2D eigenvalue weighted by Gasteiger charge is -2.29.